The molecule has 1 aliphatic heterocycles. The second-order valence-electron chi connectivity index (χ2n) is 7.40. The third-order valence-corrected chi connectivity index (χ3v) is 6.66. The highest BCUT2D eigenvalue weighted by Crippen LogP contribution is 2.49. The Labute approximate surface area is 181 Å². The van der Waals surface area contributed by atoms with Crippen molar-refractivity contribution in [2.75, 3.05) is 6.79 Å². The maximum absolute atomic E-state index is 13.3. The lowest BCUT2D eigenvalue weighted by Crippen LogP contribution is -2.09. The van der Waals surface area contributed by atoms with E-state index in [0.29, 0.717) is 32.8 Å². The highest BCUT2D eigenvalue weighted by atomic mass is 32.1. The fourth-order valence-electron chi connectivity index (χ4n) is 4.10. The summed E-state index contributed by atoms with van der Waals surface area (Å²) >= 11 is 1.37. The summed E-state index contributed by atoms with van der Waals surface area (Å²) in [5.41, 5.74) is 4.67. The zero-order valence-electron chi connectivity index (χ0n) is 16.6. The van der Waals surface area contributed by atoms with E-state index < -0.39 is 0 Å². The quantitative estimate of drug-likeness (QED) is 0.446. The Bertz CT molecular complexity index is 1330. The average molecular weight is 431 g/mol. The van der Waals surface area contributed by atoms with Gasteiger partial charge in [-0.1, -0.05) is 11.3 Å². The van der Waals surface area contributed by atoms with Gasteiger partial charge in [0.15, 0.2) is 16.6 Å². The molecule has 8 heteroatoms. The molecule has 0 spiro atoms. The molecule has 0 fully saturated rings. The van der Waals surface area contributed by atoms with E-state index in [-0.39, 0.29) is 12.6 Å². The van der Waals surface area contributed by atoms with Crippen LogP contribution in [0.5, 0.6) is 22.3 Å². The highest BCUT2D eigenvalue weighted by Gasteiger charge is 2.32. The van der Waals surface area contributed by atoms with Crippen LogP contribution in [0.25, 0.3) is 11.3 Å². The molecular weight excluding hydrogens is 414 g/mol. The number of ether oxygens (including phenoxy) is 3. The van der Waals surface area contributed by atoms with Crippen molar-refractivity contribution in [1.29, 1.82) is 0 Å². The van der Waals surface area contributed by atoms with E-state index >= 15 is 0 Å². The lowest BCUT2D eigenvalue weighted by Gasteiger charge is -2.16. The summed E-state index contributed by atoms with van der Waals surface area (Å²) in [6, 6.07) is 9.04. The molecule has 2 aliphatic rings. The summed E-state index contributed by atoms with van der Waals surface area (Å²) in [5.74, 6) is 1.93. The van der Waals surface area contributed by atoms with Gasteiger partial charge in [0.25, 0.3) is 0 Å². The number of aryl methyl sites for hydroxylation is 2. The number of carbonyl (C=O) groups is 1. The van der Waals surface area contributed by atoms with Gasteiger partial charge in [-0.3, -0.25) is 14.5 Å². The molecule has 0 saturated heterocycles. The van der Waals surface area contributed by atoms with Gasteiger partial charge >= 0.3 is 0 Å². The molecule has 7 nitrogen and oxygen atoms in total. The topological polar surface area (TPSA) is 75.5 Å². The maximum Gasteiger partial charge on any atom is 0.231 e. The highest BCUT2D eigenvalue weighted by molar-refractivity contribution is 7.16. The van der Waals surface area contributed by atoms with Crippen molar-refractivity contribution in [2.24, 2.45) is 7.05 Å². The average Bonchev–Trinajstić information content (AvgIpc) is 3.51. The minimum atomic E-state index is -0.0412. The van der Waals surface area contributed by atoms with Crippen molar-refractivity contribution in [3.05, 3.63) is 70.5 Å². The van der Waals surface area contributed by atoms with Gasteiger partial charge in [-0.15, -0.1) is 0 Å². The van der Waals surface area contributed by atoms with Gasteiger partial charge in [0.2, 0.25) is 12.6 Å². The number of benzene rings is 1. The van der Waals surface area contributed by atoms with Gasteiger partial charge in [0.05, 0.1) is 22.3 Å². The largest absolute Gasteiger partial charge is 0.454 e. The van der Waals surface area contributed by atoms with Crippen LogP contribution in [0.3, 0.4) is 0 Å². The van der Waals surface area contributed by atoms with Crippen molar-refractivity contribution in [3.63, 3.8) is 0 Å². The molecule has 0 atom stereocenters. The molecule has 1 aliphatic carbocycles. The normalized spacial score (nSPS) is 13.6. The van der Waals surface area contributed by atoms with Crippen LogP contribution >= 0.6 is 11.3 Å². The standard InChI is InChI=1S/C23H17N3O4S/c1-26-20-13(11-25-26)4-6-16-19(20)23(30-15-5-7-17-18(9-15)29-12-28-17)31-22(16)21(27)14-3-2-8-24-10-14/h2-3,5,7-11H,4,6,12H2,1H3. The van der Waals surface area contributed by atoms with Gasteiger partial charge in [0, 0.05) is 31.1 Å². The Balaban J connectivity index is 1.49. The minimum Gasteiger partial charge on any atom is -0.454 e. The van der Waals surface area contributed by atoms with Crippen LogP contribution in [-0.4, -0.2) is 27.3 Å². The van der Waals surface area contributed by atoms with E-state index in [1.165, 1.54) is 11.3 Å². The molecule has 3 aromatic heterocycles. The van der Waals surface area contributed by atoms with Gasteiger partial charge < -0.3 is 14.2 Å². The Morgan fingerprint density at radius 1 is 1.16 bits per heavy atom. The van der Waals surface area contributed by atoms with Crippen LogP contribution in [0.4, 0.5) is 0 Å². The van der Waals surface area contributed by atoms with E-state index in [9.17, 15) is 4.79 Å². The van der Waals surface area contributed by atoms with Gasteiger partial charge in [0.1, 0.15) is 5.75 Å². The molecule has 0 amide bonds. The second kappa shape index (κ2) is 6.95. The predicted molar refractivity (Wildman–Crippen MR) is 114 cm³/mol. The molecule has 0 saturated carbocycles. The fourth-order valence-corrected chi connectivity index (χ4v) is 5.28. The van der Waals surface area contributed by atoms with Crippen LogP contribution in [0.15, 0.2) is 48.9 Å². The number of rotatable bonds is 4. The molecule has 4 aromatic rings. The molecule has 4 heterocycles. The summed E-state index contributed by atoms with van der Waals surface area (Å²) in [6.07, 6.45) is 6.75. The summed E-state index contributed by atoms with van der Waals surface area (Å²) in [4.78, 5) is 18.1. The number of hydrogen-bond acceptors (Lipinski definition) is 7. The summed E-state index contributed by atoms with van der Waals surface area (Å²) in [6.45, 7) is 0.204. The fraction of sp³-hybridized carbons (Fsp3) is 0.174. The van der Waals surface area contributed by atoms with Crippen molar-refractivity contribution in [3.8, 4) is 33.6 Å². The zero-order valence-corrected chi connectivity index (χ0v) is 17.4. The number of fused-ring (bicyclic) bond motifs is 4. The van der Waals surface area contributed by atoms with Crippen LogP contribution in [0.1, 0.15) is 26.4 Å². The number of pyridine rings is 1. The van der Waals surface area contributed by atoms with Crippen LogP contribution < -0.4 is 14.2 Å². The van der Waals surface area contributed by atoms with Crippen molar-refractivity contribution >= 4 is 17.1 Å². The molecule has 0 bridgehead atoms. The third kappa shape index (κ3) is 2.90. The van der Waals surface area contributed by atoms with Crippen LogP contribution in [0, 0.1) is 0 Å². The lowest BCUT2D eigenvalue weighted by molar-refractivity contribution is 0.104. The van der Waals surface area contributed by atoms with Gasteiger partial charge in [-0.2, -0.15) is 5.10 Å². The number of thiophene rings is 1. The van der Waals surface area contributed by atoms with E-state index in [4.69, 9.17) is 14.2 Å². The van der Waals surface area contributed by atoms with E-state index in [1.807, 2.05) is 36.1 Å². The first-order valence-corrected chi connectivity index (χ1v) is 10.7. The molecule has 0 unspecified atom stereocenters. The van der Waals surface area contributed by atoms with E-state index in [0.717, 1.165) is 35.2 Å². The number of ketones is 1. The molecule has 1 aromatic carbocycles. The van der Waals surface area contributed by atoms with E-state index in [2.05, 4.69) is 10.1 Å². The smallest absolute Gasteiger partial charge is 0.231 e. The van der Waals surface area contributed by atoms with Crippen molar-refractivity contribution in [1.82, 2.24) is 14.8 Å². The molecule has 154 valence electrons. The third-order valence-electron chi connectivity index (χ3n) is 5.55. The summed E-state index contributed by atoms with van der Waals surface area (Å²) in [5, 5.41) is 5.11. The van der Waals surface area contributed by atoms with Crippen LogP contribution in [0.2, 0.25) is 0 Å². The second-order valence-corrected chi connectivity index (χ2v) is 8.39. The SMILES string of the molecule is Cn1ncc2c1-c1c(Oc3ccc4c(c3)OCO4)sc(C(=O)c3cccnc3)c1CC2. The Kier molecular flexibility index (Phi) is 4.07. The molecule has 0 radical (unpaired) electrons. The molecule has 31 heavy (non-hydrogen) atoms. The first-order chi connectivity index (χ1) is 15.2. The first kappa shape index (κ1) is 18.1. The summed E-state index contributed by atoms with van der Waals surface area (Å²) < 4.78 is 19.0. The molecule has 6 rings (SSSR count). The summed E-state index contributed by atoms with van der Waals surface area (Å²) in [7, 11) is 1.92. The minimum absolute atomic E-state index is 0.0412. The zero-order chi connectivity index (χ0) is 20.9. The molecule has 0 N–H and O–H groups in total. The lowest BCUT2D eigenvalue weighted by atomic mass is 9.90. The maximum atomic E-state index is 13.3. The number of hydrogen-bond donors (Lipinski definition) is 0. The van der Waals surface area contributed by atoms with Gasteiger partial charge in [-0.05, 0) is 48.2 Å². The number of aromatic nitrogens is 3. The first-order valence-electron chi connectivity index (χ1n) is 9.88. The number of carbonyl (C=O) groups excluding carboxylic acids is 1. The Morgan fingerprint density at radius 2 is 2.06 bits per heavy atom. The van der Waals surface area contributed by atoms with Gasteiger partial charge in [-0.25, -0.2) is 0 Å². The van der Waals surface area contributed by atoms with Crippen molar-refractivity contribution in [2.45, 2.75) is 12.8 Å². The van der Waals surface area contributed by atoms with Crippen LogP contribution in [-0.2, 0) is 19.9 Å². The van der Waals surface area contributed by atoms with E-state index in [1.54, 1.807) is 24.5 Å². The predicted octanol–water partition coefficient (Wildman–Crippen LogP) is 4.39. The van der Waals surface area contributed by atoms with Crippen molar-refractivity contribution < 1.29 is 19.0 Å². The Hall–Kier alpha value is -3.65. The Morgan fingerprint density at radius 3 is 2.94 bits per heavy atom. The monoisotopic (exact) mass is 431 g/mol. The number of nitrogens with zero attached hydrogens (tertiary/aromatic N) is 3. The molecular formula is C23H17N3O4S.